The van der Waals surface area contributed by atoms with Crippen molar-refractivity contribution in [1.82, 2.24) is 5.32 Å². The van der Waals surface area contributed by atoms with Gasteiger partial charge >= 0.3 is 0 Å². The second kappa shape index (κ2) is 7.28. The van der Waals surface area contributed by atoms with Gasteiger partial charge < -0.3 is 5.32 Å². The van der Waals surface area contributed by atoms with Gasteiger partial charge in [-0.15, -0.1) is 11.3 Å². The van der Waals surface area contributed by atoms with Crippen molar-refractivity contribution < 1.29 is 0 Å². The second-order valence-electron chi connectivity index (χ2n) is 5.14. The van der Waals surface area contributed by atoms with Crippen LogP contribution in [0.2, 0.25) is 5.02 Å². The monoisotopic (exact) mass is 349 g/mol. The highest BCUT2D eigenvalue weighted by atomic mass is 79.9. The van der Waals surface area contributed by atoms with E-state index in [0.29, 0.717) is 6.04 Å². The Morgan fingerprint density at radius 2 is 1.89 bits per heavy atom. The van der Waals surface area contributed by atoms with Gasteiger partial charge in [0.15, 0.2) is 0 Å². The fourth-order valence-corrected chi connectivity index (χ4v) is 4.90. The predicted octanol–water partition coefficient (Wildman–Crippen LogP) is 5.79. The Kier molecular flexibility index (Phi) is 5.99. The Morgan fingerprint density at radius 3 is 2.39 bits per heavy atom. The molecule has 1 aromatic heterocycles. The van der Waals surface area contributed by atoms with Crippen LogP contribution in [0, 0.1) is 5.92 Å². The fourth-order valence-electron chi connectivity index (χ4n) is 2.95. The molecule has 1 N–H and O–H groups in total. The first kappa shape index (κ1) is 14.8. The van der Waals surface area contributed by atoms with Gasteiger partial charge in [-0.2, -0.15) is 0 Å². The summed E-state index contributed by atoms with van der Waals surface area (Å²) in [6.45, 7) is 0. The smallest absolute Gasteiger partial charge is 0.0887 e. The fraction of sp³-hybridized carbons (Fsp3) is 0.714. The van der Waals surface area contributed by atoms with Crippen LogP contribution in [-0.4, -0.2) is 7.05 Å². The minimum Gasteiger partial charge on any atom is -0.312 e. The summed E-state index contributed by atoms with van der Waals surface area (Å²) in [5.74, 6) is 0.761. The summed E-state index contributed by atoms with van der Waals surface area (Å²) in [6.07, 6.45) is 9.68. The summed E-state index contributed by atoms with van der Waals surface area (Å²) in [5, 5.41) is 4.36. The van der Waals surface area contributed by atoms with Crippen molar-refractivity contribution in [2.24, 2.45) is 5.92 Å². The van der Waals surface area contributed by atoms with E-state index in [1.54, 1.807) is 11.3 Å². The van der Waals surface area contributed by atoms with Gasteiger partial charge in [-0.25, -0.2) is 0 Å². The van der Waals surface area contributed by atoms with Crippen LogP contribution in [0.3, 0.4) is 0 Å². The van der Waals surface area contributed by atoms with E-state index in [-0.39, 0.29) is 0 Å². The molecule has 18 heavy (non-hydrogen) atoms. The molecular formula is C14H21BrClNS. The summed E-state index contributed by atoms with van der Waals surface area (Å²) < 4.78 is 1.06. The third-order valence-electron chi connectivity index (χ3n) is 3.90. The van der Waals surface area contributed by atoms with E-state index in [4.69, 9.17) is 11.6 Å². The maximum absolute atomic E-state index is 6.16. The Balaban J connectivity index is 2.10. The van der Waals surface area contributed by atoms with Crippen molar-refractivity contribution in [2.75, 3.05) is 7.05 Å². The zero-order valence-corrected chi connectivity index (χ0v) is 14.0. The molecule has 1 aromatic rings. The quantitative estimate of drug-likeness (QED) is 0.728. The van der Waals surface area contributed by atoms with Crippen molar-refractivity contribution in [1.29, 1.82) is 0 Å². The number of hydrogen-bond acceptors (Lipinski definition) is 2. The van der Waals surface area contributed by atoms with Crippen molar-refractivity contribution >= 4 is 38.9 Å². The van der Waals surface area contributed by atoms with E-state index in [1.807, 2.05) is 0 Å². The molecule has 0 aromatic carbocycles. The molecule has 1 nitrogen and oxygen atoms in total. The molecular weight excluding hydrogens is 330 g/mol. The summed E-state index contributed by atoms with van der Waals surface area (Å²) in [7, 11) is 2.07. The number of rotatable bonds is 3. The molecule has 0 spiro atoms. The lowest BCUT2D eigenvalue weighted by molar-refractivity contribution is 0.302. The molecule has 1 atom stereocenters. The van der Waals surface area contributed by atoms with Crippen LogP contribution >= 0.6 is 38.9 Å². The lowest BCUT2D eigenvalue weighted by Gasteiger charge is -2.27. The van der Waals surface area contributed by atoms with Crippen molar-refractivity contribution in [3.8, 4) is 0 Å². The molecule has 1 aliphatic carbocycles. The van der Waals surface area contributed by atoms with Gasteiger partial charge in [-0.1, -0.05) is 43.7 Å². The van der Waals surface area contributed by atoms with E-state index < -0.39 is 0 Å². The molecule has 1 aliphatic rings. The third kappa shape index (κ3) is 3.72. The van der Waals surface area contributed by atoms with Gasteiger partial charge in [0, 0.05) is 10.9 Å². The molecule has 2 rings (SSSR count). The van der Waals surface area contributed by atoms with Crippen molar-refractivity contribution in [3.05, 3.63) is 19.8 Å². The molecule has 0 saturated heterocycles. The van der Waals surface area contributed by atoms with Gasteiger partial charge in [0.25, 0.3) is 0 Å². The number of nitrogens with one attached hydrogen (secondary N) is 1. The number of halogens is 2. The van der Waals surface area contributed by atoms with E-state index in [0.717, 1.165) is 14.7 Å². The first-order valence-electron chi connectivity index (χ1n) is 6.84. The zero-order chi connectivity index (χ0) is 13.0. The molecule has 1 saturated carbocycles. The Morgan fingerprint density at radius 1 is 1.28 bits per heavy atom. The lowest BCUT2D eigenvalue weighted by atomic mass is 9.85. The van der Waals surface area contributed by atoms with Crippen LogP contribution in [0.1, 0.15) is 55.9 Å². The summed E-state index contributed by atoms with van der Waals surface area (Å²) in [4.78, 5) is 1.37. The highest BCUT2D eigenvalue weighted by Crippen LogP contribution is 2.40. The highest BCUT2D eigenvalue weighted by molar-refractivity contribution is 9.11. The van der Waals surface area contributed by atoms with Crippen LogP contribution in [-0.2, 0) is 0 Å². The minimum absolute atomic E-state index is 0.469. The van der Waals surface area contributed by atoms with E-state index in [2.05, 4.69) is 34.4 Å². The van der Waals surface area contributed by atoms with E-state index >= 15 is 0 Å². The van der Waals surface area contributed by atoms with Crippen molar-refractivity contribution in [3.63, 3.8) is 0 Å². The van der Waals surface area contributed by atoms with Gasteiger partial charge in [0.1, 0.15) is 0 Å². The maximum atomic E-state index is 6.16. The molecule has 0 amide bonds. The summed E-state index contributed by atoms with van der Waals surface area (Å²) in [6, 6.07) is 2.59. The van der Waals surface area contributed by atoms with Crippen molar-refractivity contribution in [2.45, 2.75) is 51.0 Å². The van der Waals surface area contributed by atoms with Crippen LogP contribution in [0.4, 0.5) is 0 Å². The molecule has 1 heterocycles. The lowest BCUT2D eigenvalue weighted by Crippen LogP contribution is -2.25. The summed E-state index contributed by atoms with van der Waals surface area (Å²) >= 11 is 11.5. The Hall–Kier alpha value is 0.430. The van der Waals surface area contributed by atoms with Gasteiger partial charge in [-0.05, 0) is 47.8 Å². The van der Waals surface area contributed by atoms with Crippen LogP contribution < -0.4 is 5.32 Å². The largest absolute Gasteiger partial charge is 0.312 e. The molecule has 0 aliphatic heterocycles. The number of thiophene rings is 1. The van der Waals surface area contributed by atoms with E-state index in [9.17, 15) is 0 Å². The van der Waals surface area contributed by atoms with Crippen LogP contribution in [0.25, 0.3) is 0 Å². The predicted molar refractivity (Wildman–Crippen MR) is 84.6 cm³/mol. The van der Waals surface area contributed by atoms with E-state index in [1.165, 1.54) is 49.8 Å². The number of hydrogen-bond donors (Lipinski definition) is 1. The molecule has 0 radical (unpaired) electrons. The highest BCUT2D eigenvalue weighted by Gasteiger charge is 2.24. The first-order chi connectivity index (χ1) is 8.72. The van der Waals surface area contributed by atoms with Gasteiger partial charge in [0.05, 0.1) is 8.81 Å². The Labute approximate surface area is 127 Å². The summed E-state index contributed by atoms with van der Waals surface area (Å²) in [5.41, 5.74) is 0. The SMILES string of the molecule is CNC(c1cc(Cl)c(Br)s1)C1CCCCCCC1. The maximum Gasteiger partial charge on any atom is 0.0887 e. The minimum atomic E-state index is 0.469. The topological polar surface area (TPSA) is 12.0 Å². The Bertz CT molecular complexity index is 352. The zero-order valence-electron chi connectivity index (χ0n) is 10.8. The van der Waals surface area contributed by atoms with Gasteiger partial charge in [-0.3, -0.25) is 0 Å². The normalized spacial score (nSPS) is 20.4. The van der Waals surface area contributed by atoms with Crippen LogP contribution in [0.15, 0.2) is 9.85 Å². The average Bonchev–Trinajstić information content (AvgIpc) is 2.62. The first-order valence-corrected chi connectivity index (χ1v) is 8.83. The van der Waals surface area contributed by atoms with Crippen LogP contribution in [0.5, 0.6) is 0 Å². The molecule has 1 unspecified atom stereocenters. The molecule has 4 heteroatoms. The molecule has 102 valence electrons. The standard InChI is InChI=1S/C14H21BrClNS/c1-17-13(12-9-11(16)14(15)18-12)10-7-5-3-2-4-6-8-10/h9-10,13,17H,2-8H2,1H3. The molecule has 1 fully saturated rings. The average molecular weight is 351 g/mol. The molecule has 0 bridgehead atoms. The third-order valence-corrected chi connectivity index (χ3v) is 6.46. The van der Waals surface area contributed by atoms with Gasteiger partial charge in [0.2, 0.25) is 0 Å². The second-order valence-corrected chi connectivity index (χ2v) is 7.95.